The first kappa shape index (κ1) is 17.0. The molecule has 116 valence electrons. The van der Waals surface area contributed by atoms with Gasteiger partial charge in [0.2, 0.25) is 0 Å². The van der Waals surface area contributed by atoms with Crippen LogP contribution in [0.3, 0.4) is 0 Å². The standard InChI is InChI=1S/2C8H8O3/c1-11-8(10)6-4-2-3-5-7(6)9;1-5-3-2-4-6(7(5)9)8(10)11/h2-5,9H,1H3;2-4,9H,1H3,(H,10,11). The van der Waals surface area contributed by atoms with Crippen LogP contribution in [-0.4, -0.2) is 34.4 Å². The number of carbonyl (C=O) groups excluding carboxylic acids is 1. The van der Waals surface area contributed by atoms with Crippen LogP contribution in [0.1, 0.15) is 26.3 Å². The van der Waals surface area contributed by atoms with E-state index >= 15 is 0 Å². The van der Waals surface area contributed by atoms with E-state index in [-0.39, 0.29) is 22.6 Å². The molecule has 3 N–H and O–H groups in total. The quantitative estimate of drug-likeness (QED) is 0.737. The van der Waals surface area contributed by atoms with Gasteiger partial charge in [0, 0.05) is 0 Å². The van der Waals surface area contributed by atoms with Crippen LogP contribution in [0.5, 0.6) is 11.5 Å². The van der Waals surface area contributed by atoms with Gasteiger partial charge in [-0.3, -0.25) is 0 Å². The van der Waals surface area contributed by atoms with Gasteiger partial charge in [-0.1, -0.05) is 24.3 Å². The number of aromatic hydroxyl groups is 2. The highest BCUT2D eigenvalue weighted by molar-refractivity contribution is 5.92. The zero-order valence-corrected chi connectivity index (χ0v) is 12.1. The number of aryl methyl sites for hydroxylation is 1. The van der Waals surface area contributed by atoms with Crippen LogP contribution in [0, 0.1) is 6.92 Å². The van der Waals surface area contributed by atoms with Crippen molar-refractivity contribution in [3.63, 3.8) is 0 Å². The summed E-state index contributed by atoms with van der Waals surface area (Å²) in [7, 11) is 1.27. The second-order valence-electron chi connectivity index (χ2n) is 4.28. The summed E-state index contributed by atoms with van der Waals surface area (Å²) in [6, 6.07) is 10.9. The number of aromatic carboxylic acids is 1. The molecule has 2 aromatic carbocycles. The van der Waals surface area contributed by atoms with Crippen molar-refractivity contribution in [2.24, 2.45) is 0 Å². The Morgan fingerprint density at radius 3 is 2.05 bits per heavy atom. The number of benzene rings is 2. The summed E-state index contributed by atoms with van der Waals surface area (Å²) in [6.07, 6.45) is 0. The van der Waals surface area contributed by atoms with E-state index in [1.807, 2.05) is 0 Å². The third-order valence-electron chi connectivity index (χ3n) is 2.78. The molecular weight excluding hydrogens is 288 g/mol. The maximum Gasteiger partial charge on any atom is 0.341 e. The minimum absolute atomic E-state index is 0.0509. The van der Waals surface area contributed by atoms with Crippen LogP contribution >= 0.6 is 0 Å². The maximum atomic E-state index is 10.9. The fourth-order valence-corrected chi connectivity index (χ4v) is 1.59. The van der Waals surface area contributed by atoms with Crippen molar-refractivity contribution in [3.05, 3.63) is 59.2 Å². The first-order valence-corrected chi connectivity index (χ1v) is 6.26. The monoisotopic (exact) mass is 304 g/mol. The highest BCUT2D eigenvalue weighted by Crippen LogP contribution is 2.20. The fourth-order valence-electron chi connectivity index (χ4n) is 1.59. The summed E-state index contributed by atoms with van der Waals surface area (Å²) >= 11 is 0. The normalized spacial score (nSPS) is 9.36. The molecule has 6 heteroatoms. The molecule has 0 saturated heterocycles. The molecule has 0 heterocycles. The second-order valence-corrected chi connectivity index (χ2v) is 4.28. The summed E-state index contributed by atoms with van der Waals surface area (Å²) in [5.41, 5.74) is 0.713. The molecule has 2 aromatic rings. The Kier molecular flexibility index (Phi) is 5.95. The zero-order valence-electron chi connectivity index (χ0n) is 12.1. The van der Waals surface area contributed by atoms with E-state index in [0.29, 0.717) is 5.56 Å². The van der Waals surface area contributed by atoms with E-state index in [2.05, 4.69) is 4.74 Å². The molecule has 0 bridgehead atoms. The van der Waals surface area contributed by atoms with Crippen molar-refractivity contribution in [2.45, 2.75) is 6.92 Å². The number of carbonyl (C=O) groups is 2. The Morgan fingerprint density at radius 2 is 1.55 bits per heavy atom. The van der Waals surface area contributed by atoms with E-state index in [0.717, 1.165) is 0 Å². The Labute approximate surface area is 127 Å². The summed E-state index contributed by atoms with van der Waals surface area (Å²) in [5, 5.41) is 26.8. The van der Waals surface area contributed by atoms with Crippen molar-refractivity contribution in [1.29, 1.82) is 0 Å². The molecule has 6 nitrogen and oxygen atoms in total. The number of rotatable bonds is 2. The number of carboxylic acids is 1. The highest BCUT2D eigenvalue weighted by Gasteiger charge is 2.09. The van der Waals surface area contributed by atoms with Crippen molar-refractivity contribution < 1.29 is 29.6 Å². The van der Waals surface area contributed by atoms with Gasteiger partial charge < -0.3 is 20.1 Å². The summed E-state index contributed by atoms with van der Waals surface area (Å²) in [6.45, 7) is 1.65. The minimum atomic E-state index is -1.11. The number of esters is 1. The van der Waals surface area contributed by atoms with Gasteiger partial charge in [-0.25, -0.2) is 9.59 Å². The molecule has 0 atom stereocenters. The summed E-state index contributed by atoms with van der Waals surface area (Å²) < 4.78 is 4.42. The zero-order chi connectivity index (χ0) is 16.7. The first-order valence-electron chi connectivity index (χ1n) is 6.26. The molecule has 0 radical (unpaired) electrons. The van der Waals surface area contributed by atoms with E-state index in [1.54, 1.807) is 31.2 Å². The Hall–Kier alpha value is -3.02. The second kappa shape index (κ2) is 7.68. The fraction of sp³-hybridized carbons (Fsp3) is 0.125. The van der Waals surface area contributed by atoms with Crippen LogP contribution in [-0.2, 0) is 4.74 Å². The average molecular weight is 304 g/mol. The van der Waals surface area contributed by atoms with Gasteiger partial charge in [0.15, 0.2) is 0 Å². The van der Waals surface area contributed by atoms with Crippen LogP contribution in [0.15, 0.2) is 42.5 Å². The number of carboxylic acid groups (broad SMARTS) is 1. The minimum Gasteiger partial charge on any atom is -0.507 e. The molecule has 0 spiro atoms. The van der Waals surface area contributed by atoms with Gasteiger partial charge in [-0.2, -0.15) is 0 Å². The third kappa shape index (κ3) is 4.24. The lowest BCUT2D eigenvalue weighted by molar-refractivity contribution is 0.0596. The number of para-hydroxylation sites is 2. The number of hydrogen-bond acceptors (Lipinski definition) is 5. The molecule has 0 aliphatic carbocycles. The number of methoxy groups -OCH3 is 1. The maximum absolute atomic E-state index is 10.9. The van der Waals surface area contributed by atoms with E-state index in [4.69, 9.17) is 10.2 Å². The molecule has 0 amide bonds. The van der Waals surface area contributed by atoms with Crippen molar-refractivity contribution in [1.82, 2.24) is 0 Å². The van der Waals surface area contributed by atoms with Crippen LogP contribution < -0.4 is 0 Å². The van der Waals surface area contributed by atoms with E-state index in [9.17, 15) is 14.7 Å². The van der Waals surface area contributed by atoms with Crippen LogP contribution in [0.25, 0.3) is 0 Å². The third-order valence-corrected chi connectivity index (χ3v) is 2.78. The lowest BCUT2D eigenvalue weighted by atomic mass is 10.1. The lowest BCUT2D eigenvalue weighted by Gasteiger charge is -2.00. The molecule has 22 heavy (non-hydrogen) atoms. The Morgan fingerprint density at radius 1 is 0.955 bits per heavy atom. The lowest BCUT2D eigenvalue weighted by Crippen LogP contribution is -2.00. The number of phenolic OH excluding ortho intramolecular Hbond substituents is 1. The van der Waals surface area contributed by atoms with Gasteiger partial charge in [0.25, 0.3) is 0 Å². The largest absolute Gasteiger partial charge is 0.507 e. The summed E-state index contributed by atoms with van der Waals surface area (Å²) in [5.74, 6) is -1.84. The van der Waals surface area contributed by atoms with Gasteiger partial charge in [-0.05, 0) is 30.7 Å². The number of hydrogen-bond donors (Lipinski definition) is 3. The molecule has 2 rings (SSSR count). The smallest absolute Gasteiger partial charge is 0.341 e. The van der Waals surface area contributed by atoms with E-state index in [1.165, 1.54) is 25.3 Å². The van der Waals surface area contributed by atoms with Gasteiger partial charge in [-0.15, -0.1) is 0 Å². The predicted molar refractivity (Wildman–Crippen MR) is 79.2 cm³/mol. The summed E-state index contributed by atoms with van der Waals surface area (Å²) in [4.78, 5) is 21.3. The van der Waals surface area contributed by atoms with Gasteiger partial charge in [0.1, 0.15) is 22.6 Å². The molecule has 0 aromatic heterocycles. The van der Waals surface area contributed by atoms with Crippen molar-refractivity contribution in [3.8, 4) is 11.5 Å². The van der Waals surface area contributed by atoms with Gasteiger partial charge in [0.05, 0.1) is 7.11 Å². The molecule has 0 aliphatic rings. The predicted octanol–water partition coefficient (Wildman–Crippen LogP) is 2.58. The highest BCUT2D eigenvalue weighted by atomic mass is 16.5. The van der Waals surface area contributed by atoms with Crippen LogP contribution in [0.2, 0.25) is 0 Å². The molecule has 0 saturated carbocycles. The van der Waals surface area contributed by atoms with Crippen LogP contribution in [0.4, 0.5) is 0 Å². The number of phenols is 2. The molecule has 0 unspecified atom stereocenters. The SMILES string of the molecule is COC(=O)c1ccccc1O.Cc1cccc(C(=O)O)c1O. The average Bonchev–Trinajstić information content (AvgIpc) is 2.50. The van der Waals surface area contributed by atoms with Crippen molar-refractivity contribution >= 4 is 11.9 Å². The van der Waals surface area contributed by atoms with Gasteiger partial charge >= 0.3 is 11.9 Å². The van der Waals surface area contributed by atoms with Crippen molar-refractivity contribution in [2.75, 3.05) is 7.11 Å². The Balaban J connectivity index is 0.000000220. The van der Waals surface area contributed by atoms with E-state index < -0.39 is 11.9 Å². The topological polar surface area (TPSA) is 104 Å². The first-order chi connectivity index (χ1) is 10.4. The molecule has 0 aliphatic heterocycles. The number of ether oxygens (including phenoxy) is 1. The molecular formula is C16H16O6. The molecule has 0 fully saturated rings. The Bertz CT molecular complexity index is 678.